The molecular formula is C90H73Cl2N11O8S3. The number of aryl methyl sites for hydroxylation is 1. The summed E-state index contributed by atoms with van der Waals surface area (Å²) in [5.41, 5.74) is 29.6. The third-order valence-electron chi connectivity index (χ3n) is 19.1. The number of thiazole rings is 3. The molecule has 0 unspecified atom stereocenters. The molecule has 24 heteroatoms. The molecule has 2 amide bonds. The number of rotatable bonds is 16. The van der Waals surface area contributed by atoms with Crippen LogP contribution in [0.3, 0.4) is 0 Å². The fraction of sp³-hybridized carbons (Fsp3) is 0.111. The number of fused-ring (bicyclic) bond motifs is 4. The van der Waals surface area contributed by atoms with Gasteiger partial charge in [-0.05, 0) is 176 Å². The van der Waals surface area contributed by atoms with Gasteiger partial charge in [-0.3, -0.25) is 14.6 Å². The number of nitrogens with zero attached hydrogens (tertiary/aromatic N) is 9. The fourth-order valence-corrected chi connectivity index (χ4v) is 16.0. The molecule has 9 aromatic carbocycles. The van der Waals surface area contributed by atoms with E-state index in [0.717, 1.165) is 149 Å². The summed E-state index contributed by atoms with van der Waals surface area (Å²) in [5.74, 6) is 1.87. The van der Waals surface area contributed by atoms with Crippen LogP contribution < -0.4 is 30.4 Å². The summed E-state index contributed by atoms with van der Waals surface area (Å²) in [4.78, 5) is 54.4. The van der Waals surface area contributed by atoms with E-state index >= 15 is 0 Å². The molecular weight excluding hydrogens is 1530 g/mol. The second-order valence-electron chi connectivity index (χ2n) is 27.2. The van der Waals surface area contributed by atoms with Crippen molar-refractivity contribution in [1.29, 1.82) is 5.26 Å². The molecule has 0 atom stereocenters. The Bertz CT molecular complexity index is 6470. The van der Waals surface area contributed by atoms with Crippen LogP contribution in [0.25, 0.3) is 121 Å². The summed E-state index contributed by atoms with van der Waals surface area (Å²) in [5, 5.41) is 23.1. The zero-order chi connectivity index (χ0) is 80.1. The molecule has 17 rings (SSSR count). The van der Waals surface area contributed by atoms with Gasteiger partial charge in [0.25, 0.3) is 0 Å². The maximum Gasteiger partial charge on any atom is 0.337 e. The lowest BCUT2D eigenvalue weighted by atomic mass is 9.93. The third-order valence-corrected chi connectivity index (χ3v) is 22.4. The average Bonchev–Trinajstić information content (AvgIpc) is 1.62. The molecule has 0 aliphatic carbocycles. The van der Waals surface area contributed by atoms with E-state index in [-0.39, 0.29) is 11.4 Å². The van der Waals surface area contributed by atoms with Crippen LogP contribution in [0.2, 0.25) is 10.0 Å². The number of nitrogens with two attached hydrogens (primary N) is 2. The van der Waals surface area contributed by atoms with Gasteiger partial charge in [0.15, 0.2) is 0 Å². The number of aromatic nitrogens is 8. The minimum atomic E-state index is -0.475. The summed E-state index contributed by atoms with van der Waals surface area (Å²) in [6.07, 6.45) is 11.6. The van der Waals surface area contributed by atoms with Crippen molar-refractivity contribution in [2.45, 2.75) is 33.1 Å². The molecule has 0 saturated heterocycles. The number of carbonyl (C=O) groups is 3. The summed E-state index contributed by atoms with van der Waals surface area (Å²) in [6, 6.07) is 65.5. The molecule has 0 saturated carbocycles. The molecule has 0 bridgehead atoms. The van der Waals surface area contributed by atoms with Gasteiger partial charge in [0.1, 0.15) is 44.1 Å². The van der Waals surface area contributed by atoms with E-state index in [1.807, 2.05) is 196 Å². The van der Waals surface area contributed by atoms with Crippen LogP contribution in [-0.2, 0) is 10.2 Å². The Hall–Kier alpha value is -13.1. The first-order valence-electron chi connectivity index (χ1n) is 35.6. The largest absolute Gasteiger partial charge is 0.497 e. The molecule has 114 heavy (non-hydrogen) atoms. The molecule has 0 aliphatic rings. The van der Waals surface area contributed by atoms with Crippen LogP contribution in [-0.4, -0.2) is 91.5 Å². The van der Waals surface area contributed by atoms with E-state index in [4.69, 9.17) is 73.3 Å². The first-order chi connectivity index (χ1) is 55.1. The molecule has 17 aromatic rings. The van der Waals surface area contributed by atoms with Gasteiger partial charge in [-0.1, -0.05) is 80.4 Å². The molecule has 568 valence electrons. The number of primary amides is 2. The van der Waals surface area contributed by atoms with Crippen LogP contribution in [0.4, 0.5) is 0 Å². The Morgan fingerprint density at radius 1 is 0.430 bits per heavy atom. The van der Waals surface area contributed by atoms with Gasteiger partial charge in [-0.15, -0.1) is 34.0 Å². The Morgan fingerprint density at radius 3 is 1.21 bits per heavy atom. The van der Waals surface area contributed by atoms with Gasteiger partial charge in [0.05, 0.1) is 95.9 Å². The first kappa shape index (κ1) is 77.6. The van der Waals surface area contributed by atoms with Crippen LogP contribution in [0.5, 0.6) is 23.0 Å². The molecule has 0 fully saturated rings. The summed E-state index contributed by atoms with van der Waals surface area (Å²) in [6.45, 7) is 8.53. The van der Waals surface area contributed by atoms with E-state index in [9.17, 15) is 19.6 Å². The van der Waals surface area contributed by atoms with Crippen LogP contribution >= 0.6 is 57.2 Å². The molecule has 0 aliphatic heterocycles. The zero-order valence-electron chi connectivity index (χ0n) is 63.2. The van der Waals surface area contributed by atoms with E-state index in [0.29, 0.717) is 32.3 Å². The smallest absolute Gasteiger partial charge is 0.337 e. The predicted octanol–water partition coefficient (Wildman–Crippen LogP) is 21.4. The first-order valence-corrected chi connectivity index (χ1v) is 39.0. The van der Waals surface area contributed by atoms with Crippen LogP contribution in [0.1, 0.15) is 68.7 Å². The van der Waals surface area contributed by atoms with Gasteiger partial charge < -0.3 is 53.4 Å². The van der Waals surface area contributed by atoms with Gasteiger partial charge in [-0.2, -0.15) is 5.26 Å². The lowest BCUT2D eigenvalue weighted by Crippen LogP contribution is -2.11. The maximum absolute atomic E-state index is 12.2. The average molecular weight is 1600 g/mol. The predicted molar refractivity (Wildman–Crippen MR) is 458 cm³/mol. The van der Waals surface area contributed by atoms with Crippen molar-refractivity contribution in [2.75, 3.05) is 35.5 Å². The lowest BCUT2D eigenvalue weighted by molar-refractivity contribution is 0.0600. The van der Waals surface area contributed by atoms with Crippen molar-refractivity contribution in [2.24, 2.45) is 11.5 Å². The van der Waals surface area contributed by atoms with Crippen LogP contribution in [0.15, 0.2) is 254 Å². The van der Waals surface area contributed by atoms with E-state index in [1.165, 1.54) is 24.0 Å². The van der Waals surface area contributed by atoms with Gasteiger partial charge in [-0.25, -0.2) is 19.7 Å². The highest BCUT2D eigenvalue weighted by Gasteiger charge is 2.24. The Morgan fingerprint density at radius 2 is 0.816 bits per heavy atom. The Labute approximate surface area is 678 Å². The number of hydrogen-bond donors (Lipinski definition) is 2. The highest BCUT2D eigenvalue weighted by molar-refractivity contribution is 7.14. The van der Waals surface area contributed by atoms with Crippen molar-refractivity contribution >= 4 is 119 Å². The summed E-state index contributed by atoms with van der Waals surface area (Å²) < 4.78 is 34.1. The fourth-order valence-electron chi connectivity index (χ4n) is 13.0. The molecule has 4 N–H and O–H groups in total. The van der Waals surface area contributed by atoms with Gasteiger partial charge >= 0.3 is 5.97 Å². The number of esters is 1. The van der Waals surface area contributed by atoms with Crippen molar-refractivity contribution in [1.82, 2.24) is 38.2 Å². The standard InChI is InChI=1S/C25H17Cl2N3O2S.C25H19N3O3S.C23H23N3O2S.C17H14N2O/c1-32-17-6-4-16(5-7-17)30-12-19(18-8-2-15(24(28)31)11-23(18)30)25-29-22(13-33-25)14-3-9-20(26)21(27)10-14;1-30-19-6-4-18(5-7-19)28-14-21(20-8-3-17(13-23(20)28)25(29)31-2)24-27-22(15-32-24)16-9-11-26-12-10-16;1-23(2,3)20-13-29-22(25-20)18-12-26(15-6-8-16(28-4)9-7-15)19-11-14(21(24)27)5-10-17(18)19;1-12-3-8-16-13(10-18)11-19(17(16)9-12)14-4-6-15(20-2)7-5-14/h2-13H,1H3,(H2,28,31);3-15H,1-2H3;5-13H,1-4H3,(H2,24,27);3-9,11H,1-2H3. The second-order valence-corrected chi connectivity index (χ2v) is 30.6. The molecule has 0 spiro atoms. The minimum absolute atomic E-state index is 0.0117. The Balaban J connectivity index is 0.000000128. The van der Waals surface area contributed by atoms with E-state index < -0.39 is 11.8 Å². The molecule has 19 nitrogen and oxygen atoms in total. The topological polar surface area (TPSA) is 244 Å². The lowest BCUT2D eigenvalue weighted by Gasteiger charge is -2.14. The molecule has 8 heterocycles. The Kier molecular flexibility index (Phi) is 22.8. The van der Waals surface area contributed by atoms with Crippen molar-refractivity contribution < 1.29 is 38.1 Å². The number of methoxy groups -OCH3 is 5. The minimum Gasteiger partial charge on any atom is -0.497 e. The summed E-state index contributed by atoms with van der Waals surface area (Å²) in [7, 11) is 7.95. The number of carbonyl (C=O) groups excluding carboxylic acids is 3. The van der Waals surface area contributed by atoms with Crippen molar-refractivity contribution in [3.05, 3.63) is 297 Å². The maximum atomic E-state index is 12.2. The van der Waals surface area contributed by atoms with Crippen molar-refractivity contribution in [3.63, 3.8) is 0 Å². The number of nitriles is 1. The van der Waals surface area contributed by atoms with Gasteiger partial charge in [0, 0.05) is 142 Å². The number of amides is 2. The molecule has 8 aromatic heterocycles. The highest BCUT2D eigenvalue weighted by Crippen LogP contribution is 2.42. The third kappa shape index (κ3) is 16.3. The van der Waals surface area contributed by atoms with Gasteiger partial charge in [0.2, 0.25) is 11.8 Å². The quantitative estimate of drug-likeness (QED) is 0.0856. The van der Waals surface area contributed by atoms with Crippen LogP contribution in [0, 0.1) is 18.3 Å². The van der Waals surface area contributed by atoms with E-state index in [1.54, 1.807) is 93.8 Å². The number of halogens is 2. The highest BCUT2D eigenvalue weighted by atomic mass is 35.5. The normalized spacial score (nSPS) is 11.1. The SMILES string of the molecule is COC(=O)c1ccc2c(-c3nc(-c4ccncc4)cs3)cn(-c3ccc(OC)cc3)c2c1.COc1ccc(-n2cc(-c3nc(-c4ccc(Cl)c(Cl)c4)cs3)c3ccc(C(N)=O)cc32)cc1.COc1ccc(-n2cc(-c3nc(C(C)(C)C)cs3)c3ccc(C(N)=O)cc32)cc1.COc1ccc(-n2cc(C#N)c3ccc(C)cc32)cc1. The number of ether oxygens (including phenoxy) is 5. The summed E-state index contributed by atoms with van der Waals surface area (Å²) >= 11 is 17.0. The zero-order valence-corrected chi connectivity index (χ0v) is 67.1. The molecule has 0 radical (unpaired) electrons. The number of hydrogen-bond acceptors (Lipinski definition) is 16. The number of benzene rings is 9. The second kappa shape index (κ2) is 33.4. The number of pyridine rings is 1. The van der Waals surface area contributed by atoms with Crippen molar-refractivity contribution in [3.8, 4) is 106 Å². The van der Waals surface area contributed by atoms with E-state index in [2.05, 4.69) is 71.7 Å². The monoisotopic (exact) mass is 1600 g/mol.